The van der Waals surface area contributed by atoms with Crippen LogP contribution in [-0.2, 0) is 4.74 Å². The SMILES string of the molecule is CC1OC(=O)c2ccccc2-c2ccccc21. The van der Waals surface area contributed by atoms with Gasteiger partial charge in [0.2, 0.25) is 0 Å². The first kappa shape index (κ1) is 10.1. The molecule has 0 saturated heterocycles. The van der Waals surface area contributed by atoms with Crippen LogP contribution in [0.2, 0.25) is 0 Å². The lowest BCUT2D eigenvalue weighted by Gasteiger charge is -2.12. The Balaban J connectivity index is 2.34. The van der Waals surface area contributed by atoms with Crippen LogP contribution in [0.5, 0.6) is 0 Å². The molecule has 0 aromatic heterocycles. The third-order valence-corrected chi connectivity index (χ3v) is 3.12. The Morgan fingerprint density at radius 2 is 1.47 bits per heavy atom. The molecule has 84 valence electrons. The molecule has 1 atom stereocenters. The van der Waals surface area contributed by atoms with E-state index in [2.05, 4.69) is 0 Å². The lowest BCUT2D eigenvalue weighted by Crippen LogP contribution is -2.06. The number of esters is 1. The number of rotatable bonds is 0. The van der Waals surface area contributed by atoms with Crippen molar-refractivity contribution in [2.24, 2.45) is 0 Å². The van der Waals surface area contributed by atoms with Crippen molar-refractivity contribution in [3.05, 3.63) is 59.7 Å². The standard InChI is InChI=1S/C15H12O2/c1-10-11-6-2-3-7-12(11)13-8-4-5-9-14(13)15(16)17-10/h2-10H,1H3. The van der Waals surface area contributed by atoms with E-state index in [9.17, 15) is 4.79 Å². The van der Waals surface area contributed by atoms with Crippen molar-refractivity contribution < 1.29 is 9.53 Å². The zero-order valence-corrected chi connectivity index (χ0v) is 9.51. The predicted octanol–water partition coefficient (Wildman–Crippen LogP) is 3.59. The van der Waals surface area contributed by atoms with Gasteiger partial charge in [-0.15, -0.1) is 0 Å². The van der Waals surface area contributed by atoms with Gasteiger partial charge in [0, 0.05) is 5.56 Å². The molecule has 1 heterocycles. The van der Waals surface area contributed by atoms with Crippen LogP contribution in [-0.4, -0.2) is 5.97 Å². The Labute approximate surface area is 99.9 Å². The van der Waals surface area contributed by atoms with Crippen LogP contribution >= 0.6 is 0 Å². The molecule has 2 nitrogen and oxygen atoms in total. The highest BCUT2D eigenvalue weighted by Gasteiger charge is 2.24. The molecule has 0 radical (unpaired) electrons. The average Bonchev–Trinajstić information content (AvgIpc) is 2.48. The number of carbonyl (C=O) groups is 1. The van der Waals surface area contributed by atoms with E-state index in [-0.39, 0.29) is 12.1 Å². The fraction of sp³-hybridized carbons (Fsp3) is 0.133. The third-order valence-electron chi connectivity index (χ3n) is 3.12. The minimum atomic E-state index is -0.246. The first-order valence-corrected chi connectivity index (χ1v) is 5.66. The van der Waals surface area contributed by atoms with Gasteiger partial charge in [-0.1, -0.05) is 42.5 Å². The van der Waals surface area contributed by atoms with Crippen molar-refractivity contribution in [3.63, 3.8) is 0 Å². The second-order valence-electron chi connectivity index (χ2n) is 4.18. The molecule has 2 aromatic rings. The molecule has 2 aromatic carbocycles. The maximum Gasteiger partial charge on any atom is 0.339 e. The minimum absolute atomic E-state index is 0.203. The lowest BCUT2D eigenvalue weighted by atomic mass is 9.95. The first-order valence-electron chi connectivity index (χ1n) is 5.66. The van der Waals surface area contributed by atoms with Crippen molar-refractivity contribution in [1.29, 1.82) is 0 Å². The Hall–Kier alpha value is -2.09. The van der Waals surface area contributed by atoms with Gasteiger partial charge in [0.05, 0.1) is 5.56 Å². The van der Waals surface area contributed by atoms with Crippen molar-refractivity contribution in [2.45, 2.75) is 13.0 Å². The maximum atomic E-state index is 12.0. The van der Waals surface area contributed by atoms with Crippen LogP contribution in [0.3, 0.4) is 0 Å². The van der Waals surface area contributed by atoms with Gasteiger partial charge in [-0.3, -0.25) is 0 Å². The molecular weight excluding hydrogens is 212 g/mol. The van der Waals surface area contributed by atoms with E-state index in [4.69, 9.17) is 4.74 Å². The Morgan fingerprint density at radius 1 is 0.882 bits per heavy atom. The predicted molar refractivity (Wildman–Crippen MR) is 65.7 cm³/mol. The van der Waals surface area contributed by atoms with E-state index in [1.165, 1.54) is 0 Å². The molecule has 1 unspecified atom stereocenters. The number of carbonyl (C=O) groups excluding carboxylic acids is 1. The first-order chi connectivity index (χ1) is 8.27. The molecule has 2 heteroatoms. The summed E-state index contributed by atoms with van der Waals surface area (Å²) < 4.78 is 5.43. The molecule has 3 rings (SSSR count). The van der Waals surface area contributed by atoms with E-state index in [1.807, 2.05) is 55.5 Å². The number of hydrogen-bond acceptors (Lipinski definition) is 2. The average molecular weight is 224 g/mol. The Kier molecular flexibility index (Phi) is 2.22. The monoisotopic (exact) mass is 224 g/mol. The minimum Gasteiger partial charge on any atom is -0.454 e. The number of fused-ring (bicyclic) bond motifs is 3. The summed E-state index contributed by atoms with van der Waals surface area (Å²) in [6.45, 7) is 1.91. The normalized spacial score (nSPS) is 17.7. The maximum absolute atomic E-state index is 12.0. The van der Waals surface area contributed by atoms with Gasteiger partial charge in [0.1, 0.15) is 6.10 Å². The van der Waals surface area contributed by atoms with Gasteiger partial charge in [0.15, 0.2) is 0 Å². The smallest absolute Gasteiger partial charge is 0.339 e. The van der Waals surface area contributed by atoms with Gasteiger partial charge >= 0.3 is 5.97 Å². The molecule has 0 bridgehead atoms. The Bertz CT molecular complexity index is 587. The van der Waals surface area contributed by atoms with Crippen molar-refractivity contribution >= 4 is 5.97 Å². The largest absolute Gasteiger partial charge is 0.454 e. The van der Waals surface area contributed by atoms with Crippen molar-refractivity contribution in [1.82, 2.24) is 0 Å². The number of ether oxygens (including phenoxy) is 1. The molecule has 0 N–H and O–H groups in total. The molecule has 17 heavy (non-hydrogen) atoms. The zero-order chi connectivity index (χ0) is 11.8. The quantitative estimate of drug-likeness (QED) is 0.639. The van der Waals surface area contributed by atoms with E-state index >= 15 is 0 Å². The summed E-state index contributed by atoms with van der Waals surface area (Å²) in [5.41, 5.74) is 3.74. The summed E-state index contributed by atoms with van der Waals surface area (Å²) in [5.74, 6) is -0.246. The van der Waals surface area contributed by atoms with E-state index in [0.717, 1.165) is 16.7 Å². The molecular formula is C15H12O2. The molecule has 0 aliphatic carbocycles. The zero-order valence-electron chi connectivity index (χ0n) is 9.51. The van der Waals surface area contributed by atoms with E-state index in [0.29, 0.717) is 5.56 Å². The summed E-state index contributed by atoms with van der Waals surface area (Å²) in [5, 5.41) is 0. The van der Waals surface area contributed by atoms with Crippen molar-refractivity contribution in [2.75, 3.05) is 0 Å². The van der Waals surface area contributed by atoms with Crippen LogP contribution in [0.1, 0.15) is 28.9 Å². The molecule has 0 fully saturated rings. The number of benzene rings is 2. The van der Waals surface area contributed by atoms with Crippen LogP contribution < -0.4 is 0 Å². The molecule has 0 spiro atoms. The van der Waals surface area contributed by atoms with Crippen LogP contribution in [0, 0.1) is 0 Å². The summed E-state index contributed by atoms with van der Waals surface area (Å²) >= 11 is 0. The molecule has 0 saturated carbocycles. The van der Waals surface area contributed by atoms with Gasteiger partial charge in [0.25, 0.3) is 0 Å². The number of cyclic esters (lactones) is 1. The summed E-state index contributed by atoms with van der Waals surface area (Å²) in [6, 6.07) is 15.6. The van der Waals surface area contributed by atoms with Gasteiger partial charge in [-0.2, -0.15) is 0 Å². The lowest BCUT2D eigenvalue weighted by molar-refractivity contribution is 0.0346. The van der Waals surface area contributed by atoms with Crippen LogP contribution in [0.25, 0.3) is 11.1 Å². The summed E-state index contributed by atoms with van der Waals surface area (Å²) in [4.78, 5) is 12.0. The fourth-order valence-corrected chi connectivity index (χ4v) is 2.28. The highest BCUT2D eigenvalue weighted by molar-refractivity contribution is 5.99. The highest BCUT2D eigenvalue weighted by Crippen LogP contribution is 2.36. The second kappa shape index (κ2) is 3.74. The summed E-state index contributed by atoms with van der Waals surface area (Å²) in [6.07, 6.45) is -0.203. The second-order valence-corrected chi connectivity index (χ2v) is 4.18. The van der Waals surface area contributed by atoms with Crippen molar-refractivity contribution in [3.8, 4) is 11.1 Å². The van der Waals surface area contributed by atoms with Gasteiger partial charge in [-0.05, 0) is 24.1 Å². The fourth-order valence-electron chi connectivity index (χ4n) is 2.28. The summed E-state index contributed by atoms with van der Waals surface area (Å²) in [7, 11) is 0. The van der Waals surface area contributed by atoms with E-state index < -0.39 is 0 Å². The third kappa shape index (κ3) is 1.53. The highest BCUT2D eigenvalue weighted by atomic mass is 16.5. The molecule has 1 aliphatic rings. The van der Waals surface area contributed by atoms with Crippen LogP contribution in [0.4, 0.5) is 0 Å². The molecule has 0 amide bonds. The van der Waals surface area contributed by atoms with Gasteiger partial charge in [-0.25, -0.2) is 4.79 Å². The van der Waals surface area contributed by atoms with E-state index in [1.54, 1.807) is 0 Å². The van der Waals surface area contributed by atoms with Crippen LogP contribution in [0.15, 0.2) is 48.5 Å². The van der Waals surface area contributed by atoms with Gasteiger partial charge < -0.3 is 4.74 Å². The topological polar surface area (TPSA) is 26.3 Å². The number of hydrogen-bond donors (Lipinski definition) is 0. The molecule has 1 aliphatic heterocycles. The Morgan fingerprint density at radius 3 is 2.24 bits per heavy atom.